The average Bonchev–Trinajstić information content (AvgIpc) is 3.10. The number of nitro groups is 1. The number of aryl methyl sites for hydroxylation is 1. The Labute approximate surface area is 196 Å². The van der Waals surface area contributed by atoms with Crippen molar-refractivity contribution in [3.8, 4) is 0 Å². The van der Waals surface area contributed by atoms with Gasteiger partial charge in [-0.3, -0.25) is 19.8 Å². The molecule has 0 fully saturated rings. The molecule has 9 nitrogen and oxygen atoms in total. The van der Waals surface area contributed by atoms with Crippen molar-refractivity contribution < 1.29 is 18.1 Å². The van der Waals surface area contributed by atoms with Gasteiger partial charge in [-0.05, 0) is 39.2 Å². The Morgan fingerprint density at radius 2 is 1.88 bits per heavy atom. The number of aromatic nitrogens is 1. The predicted molar refractivity (Wildman–Crippen MR) is 128 cm³/mol. The molecule has 0 N–H and O–H groups in total. The predicted octanol–water partition coefficient (Wildman–Crippen LogP) is 3.55. The Morgan fingerprint density at radius 1 is 1.19 bits per heavy atom. The second kappa shape index (κ2) is 9.90. The molecule has 0 saturated carbocycles. The number of sulfone groups is 1. The zero-order chi connectivity index (χ0) is 22.9. The SMILES string of the molecule is Cc1ccc(C(=O)N(CCN(C)C)c2nc3c(S(C)(=O)=O)cccc3s2)cc1[N+](=O)[O-].Cl. The van der Waals surface area contributed by atoms with Crippen molar-refractivity contribution in [2.24, 2.45) is 0 Å². The number of nitro benzene ring substituents is 1. The van der Waals surface area contributed by atoms with Gasteiger partial charge in [0.25, 0.3) is 11.6 Å². The fourth-order valence-corrected chi connectivity index (χ4v) is 4.92. The number of anilines is 1. The second-order valence-corrected chi connectivity index (χ2v) is 10.4. The van der Waals surface area contributed by atoms with Crippen LogP contribution in [-0.4, -0.2) is 62.6 Å². The Kier molecular flexibility index (Phi) is 7.94. The number of likely N-dealkylation sites (N-methyl/N-ethyl adjacent to an activating group) is 1. The van der Waals surface area contributed by atoms with Crippen molar-refractivity contribution in [2.45, 2.75) is 11.8 Å². The van der Waals surface area contributed by atoms with Crippen LogP contribution in [0.15, 0.2) is 41.3 Å². The first-order chi connectivity index (χ1) is 14.5. The Bertz CT molecular complexity index is 1270. The van der Waals surface area contributed by atoms with Gasteiger partial charge >= 0.3 is 0 Å². The Hall–Kier alpha value is -2.60. The maximum atomic E-state index is 13.3. The lowest BCUT2D eigenvalue weighted by atomic mass is 10.1. The molecular formula is C20H23ClN4O5S2. The molecule has 0 aliphatic rings. The van der Waals surface area contributed by atoms with E-state index < -0.39 is 20.7 Å². The fourth-order valence-electron chi connectivity index (χ4n) is 3.01. The lowest BCUT2D eigenvalue weighted by molar-refractivity contribution is -0.385. The highest BCUT2D eigenvalue weighted by molar-refractivity contribution is 7.91. The minimum absolute atomic E-state index is 0. The number of rotatable bonds is 7. The summed E-state index contributed by atoms with van der Waals surface area (Å²) in [4.78, 5) is 32.0. The lowest BCUT2D eigenvalue weighted by Gasteiger charge is -2.22. The summed E-state index contributed by atoms with van der Waals surface area (Å²) in [6.45, 7) is 2.41. The summed E-state index contributed by atoms with van der Waals surface area (Å²) < 4.78 is 24.9. The van der Waals surface area contributed by atoms with Crippen LogP contribution in [0.2, 0.25) is 0 Å². The molecule has 3 aromatic rings. The largest absolute Gasteiger partial charge is 0.308 e. The monoisotopic (exact) mass is 498 g/mol. The highest BCUT2D eigenvalue weighted by atomic mass is 35.5. The molecule has 0 saturated heterocycles. The van der Waals surface area contributed by atoms with Crippen LogP contribution >= 0.6 is 23.7 Å². The number of carbonyl (C=O) groups is 1. The van der Waals surface area contributed by atoms with Crippen LogP contribution < -0.4 is 4.90 Å². The van der Waals surface area contributed by atoms with Crippen LogP contribution in [0.25, 0.3) is 10.2 Å². The molecule has 1 aromatic heterocycles. The highest BCUT2D eigenvalue weighted by Crippen LogP contribution is 2.33. The van der Waals surface area contributed by atoms with Gasteiger partial charge in [-0.15, -0.1) is 12.4 Å². The summed E-state index contributed by atoms with van der Waals surface area (Å²) in [5.41, 5.74) is 0.794. The molecule has 0 atom stereocenters. The summed E-state index contributed by atoms with van der Waals surface area (Å²) in [6.07, 6.45) is 1.11. The molecule has 3 rings (SSSR count). The average molecular weight is 499 g/mol. The third kappa shape index (κ3) is 5.41. The summed E-state index contributed by atoms with van der Waals surface area (Å²) in [6, 6.07) is 9.21. The van der Waals surface area contributed by atoms with Crippen LogP contribution in [0.1, 0.15) is 15.9 Å². The standard InChI is InChI=1S/C20H22N4O5S2.ClH/c1-13-8-9-14(12-15(13)24(26)27)19(25)23(11-10-22(2)3)20-21-18-16(30-20)6-5-7-17(18)31(4,28)29;/h5-9,12H,10-11H2,1-4H3;1H. The van der Waals surface area contributed by atoms with Crippen molar-refractivity contribution in [3.05, 3.63) is 57.6 Å². The van der Waals surface area contributed by atoms with Crippen molar-refractivity contribution in [3.63, 3.8) is 0 Å². The van der Waals surface area contributed by atoms with E-state index in [0.717, 1.165) is 6.26 Å². The minimum atomic E-state index is -3.50. The summed E-state index contributed by atoms with van der Waals surface area (Å²) in [7, 11) is 0.219. The van der Waals surface area contributed by atoms with Crippen molar-refractivity contribution in [1.82, 2.24) is 9.88 Å². The molecule has 12 heteroatoms. The number of hydrogen-bond donors (Lipinski definition) is 0. The van der Waals surface area contributed by atoms with Crippen molar-refractivity contribution >= 4 is 60.5 Å². The summed E-state index contributed by atoms with van der Waals surface area (Å²) in [5, 5.41) is 11.6. The van der Waals surface area contributed by atoms with Gasteiger partial charge in [0.05, 0.1) is 14.5 Å². The van der Waals surface area contributed by atoms with Crippen molar-refractivity contribution in [1.29, 1.82) is 0 Å². The smallest absolute Gasteiger partial charge is 0.273 e. The van der Waals surface area contributed by atoms with Crippen LogP contribution in [-0.2, 0) is 9.84 Å². The molecule has 0 spiro atoms. The zero-order valence-corrected chi connectivity index (χ0v) is 20.4. The van der Waals surface area contributed by atoms with E-state index >= 15 is 0 Å². The van der Waals surface area contributed by atoms with Crippen LogP contribution in [0.3, 0.4) is 0 Å². The number of halogens is 1. The van der Waals surface area contributed by atoms with E-state index in [1.54, 1.807) is 25.1 Å². The molecule has 172 valence electrons. The molecule has 0 bridgehead atoms. The third-order valence-electron chi connectivity index (χ3n) is 4.67. The quantitative estimate of drug-likeness (QED) is 0.361. The zero-order valence-electron chi connectivity index (χ0n) is 17.9. The minimum Gasteiger partial charge on any atom is -0.308 e. The summed E-state index contributed by atoms with van der Waals surface area (Å²) >= 11 is 1.20. The molecule has 32 heavy (non-hydrogen) atoms. The highest BCUT2D eigenvalue weighted by Gasteiger charge is 2.25. The topological polar surface area (TPSA) is 114 Å². The number of hydrogen-bond acceptors (Lipinski definition) is 8. The van der Waals surface area contributed by atoms with Crippen molar-refractivity contribution in [2.75, 3.05) is 38.3 Å². The third-order valence-corrected chi connectivity index (χ3v) is 6.84. The van der Waals surface area contributed by atoms with Gasteiger partial charge in [0, 0.05) is 36.5 Å². The second-order valence-electron chi connectivity index (χ2n) is 7.39. The van der Waals surface area contributed by atoms with E-state index in [4.69, 9.17) is 0 Å². The first-order valence-electron chi connectivity index (χ1n) is 9.30. The van der Waals surface area contributed by atoms with Gasteiger partial charge in [0.1, 0.15) is 5.52 Å². The van der Waals surface area contributed by atoms with E-state index in [1.165, 1.54) is 34.4 Å². The van der Waals surface area contributed by atoms with E-state index in [1.807, 2.05) is 19.0 Å². The first kappa shape index (κ1) is 25.7. The normalized spacial score (nSPS) is 11.4. The molecule has 2 aromatic carbocycles. The number of benzene rings is 2. The Morgan fingerprint density at radius 3 is 2.47 bits per heavy atom. The maximum absolute atomic E-state index is 13.3. The molecule has 0 unspecified atom stereocenters. The van der Waals surface area contributed by atoms with E-state index in [0.29, 0.717) is 27.5 Å². The van der Waals surface area contributed by atoms with Gasteiger partial charge in [-0.2, -0.15) is 0 Å². The van der Waals surface area contributed by atoms with Crippen LogP contribution in [0.5, 0.6) is 0 Å². The maximum Gasteiger partial charge on any atom is 0.273 e. The van der Waals surface area contributed by atoms with Gasteiger partial charge in [0.15, 0.2) is 15.0 Å². The Balaban J connectivity index is 0.00000363. The molecule has 0 radical (unpaired) electrons. The van der Waals surface area contributed by atoms with Gasteiger partial charge < -0.3 is 4.90 Å². The number of para-hydroxylation sites is 1. The first-order valence-corrected chi connectivity index (χ1v) is 12.0. The van der Waals surface area contributed by atoms with E-state index in [2.05, 4.69) is 4.98 Å². The molecule has 1 heterocycles. The number of amides is 1. The lowest BCUT2D eigenvalue weighted by Crippen LogP contribution is -2.36. The number of thiazole rings is 1. The van der Waals surface area contributed by atoms with Gasteiger partial charge in [-0.1, -0.05) is 23.5 Å². The van der Waals surface area contributed by atoms with Gasteiger partial charge in [-0.25, -0.2) is 13.4 Å². The fraction of sp³-hybridized carbons (Fsp3) is 0.300. The van der Waals surface area contributed by atoms with Gasteiger partial charge in [0.2, 0.25) is 0 Å². The molecule has 0 aliphatic heterocycles. The number of nitrogens with zero attached hydrogens (tertiary/aromatic N) is 4. The van der Waals surface area contributed by atoms with Crippen LogP contribution in [0.4, 0.5) is 10.8 Å². The molecule has 1 amide bonds. The number of carbonyl (C=O) groups excluding carboxylic acids is 1. The van der Waals surface area contributed by atoms with Crippen LogP contribution in [0, 0.1) is 17.0 Å². The van der Waals surface area contributed by atoms with E-state index in [-0.39, 0.29) is 35.1 Å². The summed E-state index contributed by atoms with van der Waals surface area (Å²) in [5.74, 6) is -0.440. The van der Waals surface area contributed by atoms with E-state index in [9.17, 15) is 23.3 Å². The number of fused-ring (bicyclic) bond motifs is 1. The molecule has 0 aliphatic carbocycles. The molecular weight excluding hydrogens is 476 g/mol.